The number of methoxy groups -OCH3 is 2. The number of ether oxygens (including phenoxy) is 2. The van der Waals surface area contributed by atoms with Gasteiger partial charge in [-0.05, 0) is 6.92 Å². The Morgan fingerprint density at radius 3 is 2.13 bits per heavy atom. The molecule has 0 aliphatic carbocycles. The molecule has 0 fully saturated rings. The Balaban J connectivity index is 2.86. The number of anilines is 1. The number of benzene rings is 1. The highest BCUT2D eigenvalue weighted by atomic mass is 16.5. The van der Waals surface area contributed by atoms with E-state index in [-0.39, 0.29) is 6.04 Å². The first kappa shape index (κ1) is 11.7. The highest BCUT2D eigenvalue weighted by Crippen LogP contribution is 2.25. The van der Waals surface area contributed by atoms with Crippen LogP contribution in [0.5, 0.6) is 11.5 Å². The summed E-state index contributed by atoms with van der Waals surface area (Å²) in [5.41, 5.74) is 6.48. The van der Waals surface area contributed by atoms with E-state index in [9.17, 15) is 0 Å². The summed E-state index contributed by atoms with van der Waals surface area (Å²) in [5, 5.41) is 3.26. The van der Waals surface area contributed by atoms with E-state index < -0.39 is 0 Å². The van der Waals surface area contributed by atoms with E-state index in [0.29, 0.717) is 6.54 Å². The van der Waals surface area contributed by atoms with Gasteiger partial charge in [0, 0.05) is 36.5 Å². The molecular formula is C11H18N2O2. The van der Waals surface area contributed by atoms with Crippen molar-refractivity contribution in [2.75, 3.05) is 26.1 Å². The van der Waals surface area contributed by atoms with E-state index in [1.54, 1.807) is 14.2 Å². The molecule has 0 radical (unpaired) electrons. The number of nitrogens with two attached hydrogens (primary N) is 1. The minimum Gasteiger partial charge on any atom is -0.497 e. The first-order chi connectivity index (χ1) is 7.19. The van der Waals surface area contributed by atoms with Gasteiger partial charge in [-0.25, -0.2) is 0 Å². The molecule has 0 heterocycles. The second kappa shape index (κ2) is 5.46. The summed E-state index contributed by atoms with van der Waals surface area (Å²) in [4.78, 5) is 0. The van der Waals surface area contributed by atoms with Crippen LogP contribution in [0.2, 0.25) is 0 Å². The van der Waals surface area contributed by atoms with Gasteiger partial charge < -0.3 is 20.5 Å². The average Bonchev–Trinajstić information content (AvgIpc) is 2.28. The summed E-state index contributed by atoms with van der Waals surface area (Å²) < 4.78 is 10.3. The molecule has 0 aliphatic heterocycles. The SMILES string of the molecule is COc1cc(NC(C)CN)cc(OC)c1. The van der Waals surface area contributed by atoms with E-state index >= 15 is 0 Å². The molecule has 0 spiro atoms. The maximum Gasteiger partial charge on any atom is 0.124 e. The van der Waals surface area contributed by atoms with E-state index in [1.165, 1.54) is 0 Å². The zero-order chi connectivity index (χ0) is 11.3. The molecule has 3 N–H and O–H groups in total. The van der Waals surface area contributed by atoms with Gasteiger partial charge in [-0.1, -0.05) is 0 Å². The first-order valence-electron chi connectivity index (χ1n) is 4.89. The van der Waals surface area contributed by atoms with Crippen molar-refractivity contribution in [1.29, 1.82) is 0 Å². The third-order valence-corrected chi connectivity index (χ3v) is 2.12. The summed E-state index contributed by atoms with van der Waals surface area (Å²) in [6.45, 7) is 2.60. The quantitative estimate of drug-likeness (QED) is 0.772. The van der Waals surface area contributed by atoms with E-state index in [0.717, 1.165) is 17.2 Å². The zero-order valence-corrected chi connectivity index (χ0v) is 9.41. The third-order valence-electron chi connectivity index (χ3n) is 2.12. The molecule has 4 nitrogen and oxygen atoms in total. The highest BCUT2D eigenvalue weighted by Gasteiger charge is 2.03. The Labute approximate surface area is 90.4 Å². The summed E-state index contributed by atoms with van der Waals surface area (Å²) in [6.07, 6.45) is 0. The Morgan fingerprint density at radius 2 is 1.73 bits per heavy atom. The van der Waals surface area contributed by atoms with Gasteiger partial charge >= 0.3 is 0 Å². The fourth-order valence-corrected chi connectivity index (χ4v) is 1.23. The van der Waals surface area contributed by atoms with E-state index in [1.807, 2.05) is 25.1 Å². The van der Waals surface area contributed by atoms with Crippen LogP contribution in [0.25, 0.3) is 0 Å². The molecule has 1 aromatic rings. The second-order valence-corrected chi connectivity index (χ2v) is 3.38. The molecule has 0 bridgehead atoms. The summed E-state index contributed by atoms with van der Waals surface area (Å²) in [6, 6.07) is 5.88. The minimum absolute atomic E-state index is 0.224. The lowest BCUT2D eigenvalue weighted by Gasteiger charge is -2.14. The van der Waals surface area contributed by atoms with Gasteiger partial charge in [0.25, 0.3) is 0 Å². The Hall–Kier alpha value is -1.42. The van der Waals surface area contributed by atoms with E-state index in [2.05, 4.69) is 5.32 Å². The summed E-state index contributed by atoms with van der Waals surface area (Å²) >= 11 is 0. The zero-order valence-electron chi connectivity index (χ0n) is 9.41. The van der Waals surface area contributed by atoms with Gasteiger partial charge in [0.05, 0.1) is 14.2 Å². The second-order valence-electron chi connectivity index (χ2n) is 3.38. The van der Waals surface area contributed by atoms with Crippen molar-refractivity contribution in [1.82, 2.24) is 0 Å². The number of hydrogen-bond acceptors (Lipinski definition) is 4. The molecule has 1 unspecified atom stereocenters. The molecule has 0 saturated heterocycles. The predicted octanol–water partition coefficient (Wildman–Crippen LogP) is 1.46. The van der Waals surface area contributed by atoms with Crippen molar-refractivity contribution in [2.45, 2.75) is 13.0 Å². The fraction of sp³-hybridized carbons (Fsp3) is 0.455. The highest BCUT2D eigenvalue weighted by molar-refractivity contribution is 5.54. The molecule has 0 aliphatic rings. The van der Waals surface area contributed by atoms with Crippen LogP contribution in [-0.4, -0.2) is 26.8 Å². The molecule has 4 heteroatoms. The van der Waals surface area contributed by atoms with Crippen LogP contribution in [0.15, 0.2) is 18.2 Å². The standard InChI is InChI=1S/C11H18N2O2/c1-8(7-12)13-9-4-10(14-2)6-11(5-9)15-3/h4-6,8,13H,7,12H2,1-3H3. The van der Waals surface area contributed by atoms with Crippen LogP contribution in [0.4, 0.5) is 5.69 Å². The summed E-state index contributed by atoms with van der Waals surface area (Å²) in [7, 11) is 3.26. The van der Waals surface area contributed by atoms with Crippen molar-refractivity contribution in [3.8, 4) is 11.5 Å². The van der Waals surface area contributed by atoms with Crippen LogP contribution in [-0.2, 0) is 0 Å². The number of hydrogen-bond donors (Lipinski definition) is 2. The van der Waals surface area contributed by atoms with Crippen molar-refractivity contribution < 1.29 is 9.47 Å². The van der Waals surface area contributed by atoms with Crippen molar-refractivity contribution in [3.05, 3.63) is 18.2 Å². The third kappa shape index (κ3) is 3.32. The van der Waals surface area contributed by atoms with Crippen molar-refractivity contribution in [3.63, 3.8) is 0 Å². The average molecular weight is 210 g/mol. The topological polar surface area (TPSA) is 56.5 Å². The number of nitrogens with one attached hydrogen (secondary N) is 1. The van der Waals surface area contributed by atoms with Gasteiger partial charge in [-0.3, -0.25) is 0 Å². The number of rotatable bonds is 5. The van der Waals surface area contributed by atoms with E-state index in [4.69, 9.17) is 15.2 Å². The smallest absolute Gasteiger partial charge is 0.124 e. The lowest BCUT2D eigenvalue weighted by Crippen LogP contribution is -2.25. The minimum atomic E-state index is 0.224. The fourth-order valence-electron chi connectivity index (χ4n) is 1.23. The van der Waals surface area contributed by atoms with Crippen LogP contribution >= 0.6 is 0 Å². The normalized spacial score (nSPS) is 12.0. The Kier molecular flexibility index (Phi) is 4.24. The molecule has 0 saturated carbocycles. The lowest BCUT2D eigenvalue weighted by molar-refractivity contribution is 0.394. The maximum atomic E-state index is 5.54. The van der Waals surface area contributed by atoms with Crippen LogP contribution in [0, 0.1) is 0 Å². The van der Waals surface area contributed by atoms with Gasteiger partial charge in [0.1, 0.15) is 11.5 Å². The Bertz CT molecular complexity index is 293. The lowest BCUT2D eigenvalue weighted by atomic mass is 10.2. The van der Waals surface area contributed by atoms with Crippen LogP contribution < -0.4 is 20.5 Å². The maximum absolute atomic E-state index is 5.54. The molecule has 1 rings (SSSR count). The van der Waals surface area contributed by atoms with Crippen molar-refractivity contribution >= 4 is 5.69 Å². The summed E-state index contributed by atoms with van der Waals surface area (Å²) in [5.74, 6) is 1.53. The molecule has 1 atom stereocenters. The molecule has 84 valence electrons. The first-order valence-corrected chi connectivity index (χ1v) is 4.89. The van der Waals surface area contributed by atoms with Crippen molar-refractivity contribution in [2.24, 2.45) is 5.73 Å². The molecular weight excluding hydrogens is 192 g/mol. The van der Waals surface area contributed by atoms with Gasteiger partial charge in [0.2, 0.25) is 0 Å². The molecule has 15 heavy (non-hydrogen) atoms. The largest absolute Gasteiger partial charge is 0.497 e. The Morgan fingerprint density at radius 1 is 1.20 bits per heavy atom. The molecule has 0 amide bonds. The molecule has 1 aromatic carbocycles. The van der Waals surface area contributed by atoms with Gasteiger partial charge in [0.15, 0.2) is 0 Å². The monoisotopic (exact) mass is 210 g/mol. The molecule has 0 aromatic heterocycles. The van der Waals surface area contributed by atoms with Gasteiger partial charge in [-0.15, -0.1) is 0 Å². The van der Waals surface area contributed by atoms with Gasteiger partial charge in [-0.2, -0.15) is 0 Å². The predicted molar refractivity (Wildman–Crippen MR) is 61.7 cm³/mol. The van der Waals surface area contributed by atoms with Crippen LogP contribution in [0.1, 0.15) is 6.92 Å². The van der Waals surface area contributed by atoms with Crippen LogP contribution in [0.3, 0.4) is 0 Å².